The zero-order chi connectivity index (χ0) is 12.3. The van der Waals surface area contributed by atoms with Crippen LogP contribution in [0.2, 0.25) is 5.02 Å². The number of rotatable bonds is 2. The molecule has 1 aromatic carbocycles. The molecule has 0 aliphatic rings. The van der Waals surface area contributed by atoms with E-state index >= 15 is 0 Å². The molecule has 0 saturated carbocycles. The van der Waals surface area contributed by atoms with Crippen molar-refractivity contribution in [1.29, 1.82) is 0 Å². The molecule has 0 atom stereocenters. The SMILES string of the molecule is CC(C)(C)OC(=O)Cc1cc(Cl)ccc1N. The van der Waals surface area contributed by atoms with Crippen LogP contribution in [0.5, 0.6) is 0 Å². The Labute approximate surface area is 101 Å². The lowest BCUT2D eigenvalue weighted by atomic mass is 10.1. The normalized spacial score (nSPS) is 11.2. The lowest BCUT2D eigenvalue weighted by molar-refractivity contribution is -0.153. The number of benzene rings is 1. The first-order chi connectivity index (χ1) is 7.28. The zero-order valence-electron chi connectivity index (χ0n) is 9.71. The number of nitrogen functional groups attached to an aromatic ring is 1. The molecule has 0 spiro atoms. The lowest BCUT2D eigenvalue weighted by Crippen LogP contribution is -2.25. The van der Waals surface area contributed by atoms with Crippen LogP contribution in [-0.2, 0) is 16.0 Å². The van der Waals surface area contributed by atoms with E-state index in [1.165, 1.54) is 0 Å². The van der Waals surface area contributed by atoms with Crippen molar-refractivity contribution in [3.8, 4) is 0 Å². The molecule has 0 heterocycles. The van der Waals surface area contributed by atoms with Crippen LogP contribution >= 0.6 is 11.6 Å². The molecule has 0 amide bonds. The van der Waals surface area contributed by atoms with Crippen LogP contribution < -0.4 is 5.73 Å². The Morgan fingerprint density at radius 1 is 1.44 bits per heavy atom. The van der Waals surface area contributed by atoms with E-state index in [0.29, 0.717) is 16.3 Å². The summed E-state index contributed by atoms with van der Waals surface area (Å²) in [7, 11) is 0. The van der Waals surface area contributed by atoms with Gasteiger partial charge in [-0.2, -0.15) is 0 Å². The number of hydrogen-bond donors (Lipinski definition) is 1. The second-order valence-corrected chi connectivity index (χ2v) is 5.04. The molecule has 0 aliphatic heterocycles. The molecule has 88 valence electrons. The van der Waals surface area contributed by atoms with Gasteiger partial charge in [-0.05, 0) is 44.5 Å². The van der Waals surface area contributed by atoms with Gasteiger partial charge >= 0.3 is 5.97 Å². The minimum absolute atomic E-state index is 0.143. The highest BCUT2D eigenvalue weighted by Gasteiger charge is 2.17. The zero-order valence-corrected chi connectivity index (χ0v) is 10.5. The van der Waals surface area contributed by atoms with Crippen LogP contribution in [0.25, 0.3) is 0 Å². The molecule has 0 saturated heterocycles. The maximum absolute atomic E-state index is 11.6. The Balaban J connectivity index is 2.73. The first kappa shape index (κ1) is 12.8. The van der Waals surface area contributed by atoms with Crippen LogP contribution in [0.15, 0.2) is 18.2 Å². The fourth-order valence-electron chi connectivity index (χ4n) is 1.26. The van der Waals surface area contributed by atoms with Crippen LogP contribution in [0.4, 0.5) is 5.69 Å². The van der Waals surface area contributed by atoms with Gasteiger partial charge in [-0.25, -0.2) is 0 Å². The number of hydrogen-bond acceptors (Lipinski definition) is 3. The summed E-state index contributed by atoms with van der Waals surface area (Å²) >= 11 is 5.83. The van der Waals surface area contributed by atoms with Gasteiger partial charge in [0.2, 0.25) is 0 Å². The summed E-state index contributed by atoms with van der Waals surface area (Å²) in [6.45, 7) is 5.48. The van der Waals surface area contributed by atoms with Crippen LogP contribution in [0.1, 0.15) is 26.3 Å². The third kappa shape index (κ3) is 4.11. The predicted molar refractivity (Wildman–Crippen MR) is 65.4 cm³/mol. The summed E-state index contributed by atoms with van der Waals surface area (Å²) in [5.74, 6) is -0.304. The van der Waals surface area contributed by atoms with Crippen molar-refractivity contribution in [2.45, 2.75) is 32.8 Å². The molecular formula is C12H16ClNO2. The van der Waals surface area contributed by atoms with E-state index in [4.69, 9.17) is 22.1 Å². The Morgan fingerprint density at radius 3 is 2.62 bits per heavy atom. The highest BCUT2D eigenvalue weighted by molar-refractivity contribution is 6.30. The van der Waals surface area contributed by atoms with Crippen molar-refractivity contribution < 1.29 is 9.53 Å². The van der Waals surface area contributed by atoms with Gasteiger partial charge in [0.25, 0.3) is 0 Å². The first-order valence-electron chi connectivity index (χ1n) is 5.04. The molecule has 4 heteroatoms. The van der Waals surface area contributed by atoms with Crippen molar-refractivity contribution >= 4 is 23.3 Å². The maximum Gasteiger partial charge on any atom is 0.310 e. The average Bonchev–Trinajstić information content (AvgIpc) is 2.08. The molecule has 0 unspecified atom stereocenters. The smallest absolute Gasteiger partial charge is 0.310 e. The standard InChI is InChI=1S/C12H16ClNO2/c1-12(2,3)16-11(15)7-8-6-9(13)4-5-10(8)14/h4-6H,7,14H2,1-3H3. The van der Waals surface area contributed by atoms with E-state index in [1.807, 2.05) is 20.8 Å². The highest BCUT2D eigenvalue weighted by Crippen LogP contribution is 2.19. The van der Waals surface area contributed by atoms with Crippen molar-refractivity contribution in [1.82, 2.24) is 0 Å². The van der Waals surface area contributed by atoms with Crippen LogP contribution in [0.3, 0.4) is 0 Å². The van der Waals surface area contributed by atoms with Crippen molar-refractivity contribution in [2.75, 3.05) is 5.73 Å². The van der Waals surface area contributed by atoms with Crippen LogP contribution in [-0.4, -0.2) is 11.6 Å². The fraction of sp³-hybridized carbons (Fsp3) is 0.417. The fourth-order valence-corrected chi connectivity index (χ4v) is 1.46. The monoisotopic (exact) mass is 241 g/mol. The lowest BCUT2D eigenvalue weighted by Gasteiger charge is -2.19. The van der Waals surface area contributed by atoms with Gasteiger partial charge in [-0.15, -0.1) is 0 Å². The Bertz CT molecular complexity index is 396. The minimum atomic E-state index is -0.482. The molecular weight excluding hydrogens is 226 g/mol. The number of carbonyl (C=O) groups excluding carboxylic acids is 1. The Kier molecular flexibility index (Phi) is 3.81. The maximum atomic E-state index is 11.6. The summed E-state index contributed by atoms with van der Waals surface area (Å²) in [6.07, 6.45) is 0.143. The third-order valence-corrected chi connectivity index (χ3v) is 2.09. The molecule has 16 heavy (non-hydrogen) atoms. The Morgan fingerprint density at radius 2 is 2.06 bits per heavy atom. The van der Waals surface area contributed by atoms with E-state index in [-0.39, 0.29) is 12.4 Å². The largest absolute Gasteiger partial charge is 0.460 e. The van der Waals surface area contributed by atoms with Crippen molar-refractivity contribution in [3.05, 3.63) is 28.8 Å². The number of halogens is 1. The number of carbonyl (C=O) groups is 1. The van der Waals surface area contributed by atoms with Crippen LogP contribution in [0, 0.1) is 0 Å². The molecule has 3 nitrogen and oxygen atoms in total. The third-order valence-electron chi connectivity index (χ3n) is 1.86. The second-order valence-electron chi connectivity index (χ2n) is 4.61. The topological polar surface area (TPSA) is 52.3 Å². The Hall–Kier alpha value is -1.22. The molecule has 2 N–H and O–H groups in total. The molecule has 1 rings (SSSR count). The quantitative estimate of drug-likeness (QED) is 0.640. The first-order valence-corrected chi connectivity index (χ1v) is 5.41. The molecule has 0 bridgehead atoms. The van der Waals surface area contributed by atoms with E-state index in [2.05, 4.69) is 0 Å². The van der Waals surface area contributed by atoms with Gasteiger partial charge in [0.05, 0.1) is 6.42 Å². The average molecular weight is 242 g/mol. The summed E-state index contributed by atoms with van der Waals surface area (Å²) in [5, 5.41) is 0.563. The van der Waals surface area contributed by atoms with E-state index in [0.717, 1.165) is 0 Å². The molecule has 1 aromatic rings. The van der Waals surface area contributed by atoms with Crippen molar-refractivity contribution in [3.63, 3.8) is 0 Å². The number of esters is 1. The summed E-state index contributed by atoms with van der Waals surface area (Å²) in [6, 6.07) is 5.05. The summed E-state index contributed by atoms with van der Waals surface area (Å²) in [5.41, 5.74) is 6.50. The molecule has 0 aromatic heterocycles. The van der Waals surface area contributed by atoms with Gasteiger partial charge in [-0.3, -0.25) is 4.79 Å². The van der Waals surface area contributed by atoms with Gasteiger partial charge < -0.3 is 10.5 Å². The number of anilines is 1. The molecule has 0 fully saturated rings. The van der Waals surface area contributed by atoms with Gasteiger partial charge in [-0.1, -0.05) is 11.6 Å². The molecule has 0 radical (unpaired) electrons. The predicted octanol–water partition coefficient (Wildman–Crippen LogP) is 2.81. The van der Waals surface area contributed by atoms with E-state index < -0.39 is 5.60 Å². The van der Waals surface area contributed by atoms with E-state index in [1.54, 1.807) is 18.2 Å². The summed E-state index contributed by atoms with van der Waals surface area (Å²) < 4.78 is 5.20. The highest BCUT2D eigenvalue weighted by atomic mass is 35.5. The minimum Gasteiger partial charge on any atom is -0.460 e. The van der Waals surface area contributed by atoms with Crippen molar-refractivity contribution in [2.24, 2.45) is 0 Å². The van der Waals surface area contributed by atoms with E-state index in [9.17, 15) is 4.79 Å². The van der Waals surface area contributed by atoms with Gasteiger partial charge in [0.1, 0.15) is 5.60 Å². The van der Waals surface area contributed by atoms with Gasteiger partial charge in [0.15, 0.2) is 0 Å². The summed E-state index contributed by atoms with van der Waals surface area (Å²) in [4.78, 5) is 11.6. The molecule has 0 aliphatic carbocycles. The van der Waals surface area contributed by atoms with Gasteiger partial charge in [0, 0.05) is 10.7 Å². The second kappa shape index (κ2) is 4.74. The number of ether oxygens (including phenoxy) is 1. The number of nitrogens with two attached hydrogens (primary N) is 1.